The average Bonchev–Trinajstić information content (AvgIpc) is 2.64. The molecule has 0 aliphatic rings. The Labute approximate surface area is 95.7 Å². The maximum atomic E-state index is 5.37. The molecule has 0 aliphatic heterocycles. The number of nitrogens with zero attached hydrogens (tertiary/aromatic N) is 2. The zero-order chi connectivity index (χ0) is 12.0. The number of guanidine groups is 1. The molecule has 6 heteroatoms. The minimum Gasteiger partial charge on any atom is -0.355 e. The van der Waals surface area contributed by atoms with Crippen molar-refractivity contribution in [1.29, 1.82) is 0 Å². The van der Waals surface area contributed by atoms with Gasteiger partial charge in [0.25, 0.3) is 0 Å². The zero-order valence-electron chi connectivity index (χ0n) is 10.0. The van der Waals surface area contributed by atoms with Gasteiger partial charge < -0.3 is 5.32 Å². The average molecular weight is 224 g/mol. The molecule has 0 bridgehead atoms. The molecule has 0 saturated carbocycles. The van der Waals surface area contributed by atoms with E-state index in [1.54, 1.807) is 6.20 Å². The highest BCUT2D eigenvalue weighted by molar-refractivity contribution is 5.79. The van der Waals surface area contributed by atoms with Gasteiger partial charge in [-0.05, 0) is 12.8 Å². The van der Waals surface area contributed by atoms with Crippen LogP contribution in [0.2, 0.25) is 0 Å². The van der Waals surface area contributed by atoms with Gasteiger partial charge in [-0.25, -0.2) is 10.8 Å². The Morgan fingerprint density at radius 2 is 2.38 bits per heavy atom. The molecule has 0 spiro atoms. The highest BCUT2D eigenvalue weighted by Crippen LogP contribution is 2.03. The monoisotopic (exact) mass is 224 g/mol. The summed E-state index contributed by atoms with van der Waals surface area (Å²) in [6.45, 7) is 7.62. The van der Waals surface area contributed by atoms with Crippen LogP contribution in [0, 0.1) is 12.8 Å². The van der Waals surface area contributed by atoms with Gasteiger partial charge in [-0.1, -0.05) is 13.8 Å². The maximum absolute atomic E-state index is 5.37. The molecular weight excluding hydrogens is 204 g/mol. The van der Waals surface area contributed by atoms with Gasteiger partial charge in [0.05, 0.1) is 12.7 Å². The quantitative estimate of drug-likeness (QED) is 0.256. The lowest BCUT2D eigenvalue weighted by Gasteiger charge is -2.10. The standard InChI is InChI=1S/C10H20N6/c1-7(2)4-12-10(15-11)13-5-9-6-14-16-8(9)3/h6-7H,4-5,11H2,1-3H3,(H,14,16)(H2,12,13,15). The summed E-state index contributed by atoms with van der Waals surface area (Å²) >= 11 is 0. The number of hydrazine groups is 1. The summed E-state index contributed by atoms with van der Waals surface area (Å²) < 4.78 is 0. The third kappa shape index (κ3) is 3.90. The van der Waals surface area contributed by atoms with Crippen molar-refractivity contribution in [3.63, 3.8) is 0 Å². The van der Waals surface area contributed by atoms with E-state index in [-0.39, 0.29) is 0 Å². The summed E-state index contributed by atoms with van der Waals surface area (Å²) in [7, 11) is 0. The topological polar surface area (TPSA) is 91.1 Å². The molecule has 1 aromatic heterocycles. The molecule has 0 radical (unpaired) electrons. The molecule has 0 amide bonds. The first kappa shape index (κ1) is 12.5. The summed E-state index contributed by atoms with van der Waals surface area (Å²) in [5.74, 6) is 6.53. The van der Waals surface area contributed by atoms with Gasteiger partial charge in [0.15, 0.2) is 0 Å². The second kappa shape index (κ2) is 6.12. The first-order valence-electron chi connectivity index (χ1n) is 5.37. The summed E-state index contributed by atoms with van der Waals surface area (Å²) in [5.41, 5.74) is 4.65. The van der Waals surface area contributed by atoms with Crippen molar-refractivity contribution in [3.05, 3.63) is 17.5 Å². The highest BCUT2D eigenvalue weighted by Gasteiger charge is 2.01. The van der Waals surface area contributed by atoms with Gasteiger partial charge in [0.2, 0.25) is 5.96 Å². The van der Waals surface area contributed by atoms with Crippen LogP contribution in [0.1, 0.15) is 25.1 Å². The normalized spacial score (nSPS) is 11.9. The summed E-state index contributed by atoms with van der Waals surface area (Å²) in [6, 6.07) is 0. The van der Waals surface area contributed by atoms with Crippen LogP contribution in [0.15, 0.2) is 11.2 Å². The number of aromatic nitrogens is 2. The van der Waals surface area contributed by atoms with Crippen LogP contribution < -0.4 is 16.6 Å². The van der Waals surface area contributed by atoms with Crippen molar-refractivity contribution in [2.75, 3.05) is 6.54 Å². The Morgan fingerprint density at radius 1 is 1.62 bits per heavy atom. The van der Waals surface area contributed by atoms with Gasteiger partial charge in [-0.15, -0.1) is 0 Å². The number of aromatic amines is 1. The molecule has 6 nitrogen and oxygen atoms in total. The molecule has 5 N–H and O–H groups in total. The fourth-order valence-corrected chi connectivity index (χ4v) is 1.15. The number of hydrogen-bond donors (Lipinski definition) is 4. The molecule has 1 aromatic rings. The minimum absolute atomic E-state index is 0.550. The number of H-pyrrole nitrogens is 1. The van der Waals surface area contributed by atoms with E-state index in [4.69, 9.17) is 5.84 Å². The predicted molar refractivity (Wildman–Crippen MR) is 64.6 cm³/mol. The predicted octanol–water partition coefficient (Wildman–Crippen LogP) is 0.283. The van der Waals surface area contributed by atoms with Crippen molar-refractivity contribution in [1.82, 2.24) is 20.9 Å². The zero-order valence-corrected chi connectivity index (χ0v) is 10.0. The molecule has 90 valence electrons. The van der Waals surface area contributed by atoms with Crippen LogP contribution >= 0.6 is 0 Å². The van der Waals surface area contributed by atoms with Gasteiger partial charge >= 0.3 is 0 Å². The number of aryl methyl sites for hydroxylation is 1. The smallest absolute Gasteiger partial charge is 0.206 e. The minimum atomic E-state index is 0.550. The molecule has 0 unspecified atom stereocenters. The second-order valence-electron chi connectivity index (χ2n) is 4.10. The molecule has 0 aromatic carbocycles. The Morgan fingerprint density at radius 3 is 2.88 bits per heavy atom. The number of rotatable bonds is 4. The van der Waals surface area contributed by atoms with E-state index in [9.17, 15) is 0 Å². The lowest BCUT2D eigenvalue weighted by atomic mass is 10.2. The highest BCUT2D eigenvalue weighted by atomic mass is 15.3. The molecule has 0 saturated heterocycles. The number of hydrogen-bond acceptors (Lipinski definition) is 3. The van der Waals surface area contributed by atoms with Gasteiger partial charge in [-0.2, -0.15) is 5.10 Å². The SMILES string of the molecule is Cc1[nH]ncc1CN=C(NN)NCC(C)C. The Bertz CT molecular complexity index is 341. The van der Waals surface area contributed by atoms with E-state index in [0.29, 0.717) is 18.4 Å². The van der Waals surface area contributed by atoms with Crippen molar-refractivity contribution in [3.8, 4) is 0 Å². The summed E-state index contributed by atoms with van der Waals surface area (Å²) in [6.07, 6.45) is 1.77. The van der Waals surface area contributed by atoms with Crippen molar-refractivity contribution in [2.24, 2.45) is 16.8 Å². The first-order chi connectivity index (χ1) is 7.63. The van der Waals surface area contributed by atoms with Crippen molar-refractivity contribution >= 4 is 5.96 Å². The lowest BCUT2D eigenvalue weighted by molar-refractivity contribution is 0.615. The van der Waals surface area contributed by atoms with E-state index < -0.39 is 0 Å². The fourth-order valence-electron chi connectivity index (χ4n) is 1.15. The Kier molecular flexibility index (Phi) is 4.78. The van der Waals surface area contributed by atoms with E-state index in [1.165, 1.54) is 0 Å². The number of nitrogens with two attached hydrogens (primary N) is 1. The molecule has 1 heterocycles. The summed E-state index contributed by atoms with van der Waals surface area (Å²) in [4.78, 5) is 4.33. The van der Waals surface area contributed by atoms with Crippen molar-refractivity contribution < 1.29 is 0 Å². The van der Waals surface area contributed by atoms with Crippen LogP contribution in [0.5, 0.6) is 0 Å². The van der Waals surface area contributed by atoms with Crippen molar-refractivity contribution in [2.45, 2.75) is 27.3 Å². The van der Waals surface area contributed by atoms with Gasteiger partial charge in [0.1, 0.15) is 0 Å². The summed E-state index contributed by atoms with van der Waals surface area (Å²) in [5, 5.41) is 9.94. The lowest BCUT2D eigenvalue weighted by Crippen LogP contribution is -2.42. The van der Waals surface area contributed by atoms with Crippen LogP contribution in [0.3, 0.4) is 0 Å². The molecule has 0 fully saturated rings. The third-order valence-electron chi connectivity index (χ3n) is 2.16. The van der Waals surface area contributed by atoms with Crippen LogP contribution in [-0.2, 0) is 6.54 Å². The molecular formula is C10H20N6. The van der Waals surface area contributed by atoms with Crippen LogP contribution in [0.25, 0.3) is 0 Å². The van der Waals surface area contributed by atoms with Gasteiger partial charge in [0, 0.05) is 17.8 Å². The number of nitrogens with one attached hydrogen (secondary N) is 3. The first-order valence-corrected chi connectivity index (χ1v) is 5.37. The third-order valence-corrected chi connectivity index (χ3v) is 2.16. The van der Waals surface area contributed by atoms with Crippen LogP contribution in [0.4, 0.5) is 0 Å². The Balaban J connectivity index is 2.50. The maximum Gasteiger partial charge on any atom is 0.206 e. The molecule has 0 aliphatic carbocycles. The number of aliphatic imine (C=N–C) groups is 1. The largest absolute Gasteiger partial charge is 0.355 e. The van der Waals surface area contributed by atoms with Gasteiger partial charge in [-0.3, -0.25) is 10.5 Å². The van der Waals surface area contributed by atoms with E-state index in [2.05, 4.69) is 39.8 Å². The Hall–Kier alpha value is -1.56. The van der Waals surface area contributed by atoms with E-state index >= 15 is 0 Å². The second-order valence-corrected chi connectivity index (χ2v) is 4.10. The van der Waals surface area contributed by atoms with E-state index in [0.717, 1.165) is 17.8 Å². The van der Waals surface area contributed by atoms with Crippen LogP contribution in [-0.4, -0.2) is 22.7 Å². The molecule has 1 rings (SSSR count). The van der Waals surface area contributed by atoms with E-state index in [1.807, 2.05) is 6.92 Å². The molecule has 16 heavy (non-hydrogen) atoms. The molecule has 0 atom stereocenters. The fraction of sp³-hybridized carbons (Fsp3) is 0.600.